The number of hydrogen-bond acceptors (Lipinski definition) is 8. The minimum absolute atomic E-state index is 0.125. The maximum absolute atomic E-state index is 12.6. The first-order chi connectivity index (χ1) is 19.6. The predicted octanol–water partition coefficient (Wildman–Crippen LogP) is 5.42. The van der Waals surface area contributed by atoms with Crippen LogP contribution in [0.1, 0.15) is 39.7 Å². The van der Waals surface area contributed by atoms with Gasteiger partial charge in [-0.2, -0.15) is 0 Å². The summed E-state index contributed by atoms with van der Waals surface area (Å²) in [5.41, 5.74) is 3.31. The van der Waals surface area contributed by atoms with Crippen molar-refractivity contribution in [2.45, 2.75) is 46.1 Å². The van der Waals surface area contributed by atoms with E-state index in [0.29, 0.717) is 36.8 Å². The van der Waals surface area contributed by atoms with E-state index in [2.05, 4.69) is 26.5 Å². The summed E-state index contributed by atoms with van der Waals surface area (Å²) < 4.78 is 15.9. The van der Waals surface area contributed by atoms with Gasteiger partial charge in [0.15, 0.2) is 0 Å². The molecule has 1 aromatic carbocycles. The molecule has 0 atom stereocenters. The molecule has 10 nitrogen and oxygen atoms in total. The Balaban J connectivity index is 1.80. The van der Waals surface area contributed by atoms with Crippen molar-refractivity contribution in [2.75, 3.05) is 37.1 Å². The number of rotatable bonds is 12. The number of phenolic OH excluding ortho intramolecular Hbond substituents is 1. The number of carbonyl (C=O) groups excluding carboxylic acids is 2. The number of pyridine rings is 2. The van der Waals surface area contributed by atoms with E-state index in [0.717, 1.165) is 22.3 Å². The number of terminal acetylenes is 1. The maximum atomic E-state index is 12.6. The Bertz CT molecular complexity index is 1360. The molecule has 3 N–H and O–H groups in total. The molecule has 0 aliphatic heterocycles. The molecule has 0 saturated carbocycles. The number of carbonyl (C=O) groups is 2. The molecule has 2 heterocycles. The van der Waals surface area contributed by atoms with E-state index in [9.17, 15) is 14.7 Å². The van der Waals surface area contributed by atoms with Crippen LogP contribution in [0.4, 0.5) is 16.4 Å². The third-order valence-corrected chi connectivity index (χ3v) is 5.69. The molecule has 2 amide bonds. The molecule has 0 bridgehead atoms. The zero-order chi connectivity index (χ0) is 29.8. The molecule has 216 valence electrons. The fourth-order valence-corrected chi connectivity index (χ4v) is 3.95. The number of ether oxygens (including phenoxy) is 3. The van der Waals surface area contributed by atoms with E-state index in [-0.39, 0.29) is 31.3 Å². The summed E-state index contributed by atoms with van der Waals surface area (Å²) in [4.78, 5) is 33.9. The Hall–Kier alpha value is -4.46. The second-order valence-corrected chi connectivity index (χ2v) is 10.0. The highest BCUT2D eigenvalue weighted by Crippen LogP contribution is 2.37. The van der Waals surface area contributed by atoms with Crippen LogP contribution in [0.15, 0.2) is 48.8 Å². The summed E-state index contributed by atoms with van der Waals surface area (Å²) in [5.74, 6) is 3.02. The number of aromatic hydroxyl groups is 1. The first-order valence-electron chi connectivity index (χ1n) is 13.3. The van der Waals surface area contributed by atoms with Crippen molar-refractivity contribution in [2.24, 2.45) is 0 Å². The van der Waals surface area contributed by atoms with Gasteiger partial charge < -0.3 is 24.6 Å². The summed E-state index contributed by atoms with van der Waals surface area (Å²) in [7, 11) is 0. The van der Waals surface area contributed by atoms with Gasteiger partial charge in [-0.3, -0.25) is 10.1 Å². The van der Waals surface area contributed by atoms with Crippen molar-refractivity contribution in [3.05, 3.63) is 54.4 Å². The van der Waals surface area contributed by atoms with Gasteiger partial charge in [0.2, 0.25) is 5.91 Å². The van der Waals surface area contributed by atoms with Gasteiger partial charge in [-0.15, -0.1) is 6.42 Å². The Morgan fingerprint density at radius 2 is 1.66 bits per heavy atom. The molecular formula is C31H36N4O6. The number of anilines is 2. The van der Waals surface area contributed by atoms with Gasteiger partial charge in [0, 0.05) is 29.1 Å². The average molecular weight is 561 g/mol. The molecule has 41 heavy (non-hydrogen) atoms. The summed E-state index contributed by atoms with van der Waals surface area (Å²) in [6, 6.07) is 10.3. The Morgan fingerprint density at radius 3 is 2.29 bits per heavy atom. The lowest BCUT2D eigenvalue weighted by molar-refractivity contribution is -0.117. The molecule has 3 aromatic rings. The van der Waals surface area contributed by atoms with E-state index in [4.69, 9.17) is 20.6 Å². The van der Waals surface area contributed by atoms with Crippen LogP contribution in [-0.2, 0) is 25.4 Å². The number of phenols is 1. The lowest BCUT2D eigenvalue weighted by Gasteiger charge is -2.22. The van der Waals surface area contributed by atoms with Crippen LogP contribution in [0.2, 0.25) is 0 Å². The second kappa shape index (κ2) is 14.8. The smallest absolute Gasteiger partial charge is 0.413 e. The van der Waals surface area contributed by atoms with E-state index >= 15 is 0 Å². The molecule has 0 aliphatic carbocycles. The van der Waals surface area contributed by atoms with Crippen LogP contribution < -0.4 is 10.6 Å². The van der Waals surface area contributed by atoms with E-state index in [1.807, 2.05) is 13.0 Å². The molecular weight excluding hydrogens is 524 g/mol. The molecule has 0 spiro atoms. The zero-order valence-corrected chi connectivity index (χ0v) is 23.8. The Kier molecular flexibility index (Phi) is 11.2. The monoisotopic (exact) mass is 560 g/mol. The number of amides is 2. The van der Waals surface area contributed by atoms with Crippen molar-refractivity contribution in [1.82, 2.24) is 9.97 Å². The topological polar surface area (TPSA) is 132 Å². The number of nitrogens with zero attached hydrogens (tertiary/aromatic N) is 2. The van der Waals surface area contributed by atoms with Crippen LogP contribution in [0.5, 0.6) is 5.75 Å². The largest absolute Gasteiger partial charge is 0.508 e. The van der Waals surface area contributed by atoms with Crippen molar-refractivity contribution in [3.63, 3.8) is 0 Å². The standard InChI is InChI=1S/C31H36N4O6/c1-6-15-39-17-18-40-16-14-27(37)34-26-13-10-22(19-32-26)25-20-33-29(35-30(38)41-31(3,4)5)28(24(25)7-2)21-8-11-23(36)12-9-21/h1,8-13,19-20,36H,7,14-18H2,2-5H3,(H,32,34,37)(H,33,35,38). The highest BCUT2D eigenvalue weighted by atomic mass is 16.6. The number of benzene rings is 1. The molecule has 3 rings (SSSR count). The quantitative estimate of drug-likeness (QED) is 0.198. The Morgan fingerprint density at radius 1 is 0.951 bits per heavy atom. The fourth-order valence-electron chi connectivity index (χ4n) is 3.95. The average Bonchev–Trinajstić information content (AvgIpc) is 2.92. The van der Waals surface area contributed by atoms with Crippen LogP contribution in [-0.4, -0.2) is 59.1 Å². The molecule has 0 fully saturated rings. The second-order valence-electron chi connectivity index (χ2n) is 10.0. The molecule has 0 aliphatic rings. The van der Waals surface area contributed by atoms with Crippen molar-refractivity contribution in [3.8, 4) is 40.3 Å². The number of aromatic nitrogens is 2. The van der Waals surface area contributed by atoms with Gasteiger partial charge >= 0.3 is 6.09 Å². The lowest BCUT2D eigenvalue weighted by Crippen LogP contribution is -2.27. The summed E-state index contributed by atoms with van der Waals surface area (Å²) in [5, 5.41) is 15.4. The minimum Gasteiger partial charge on any atom is -0.508 e. The van der Waals surface area contributed by atoms with Gasteiger partial charge in [-0.05, 0) is 62.6 Å². The first kappa shape index (κ1) is 31.1. The van der Waals surface area contributed by atoms with Crippen LogP contribution in [0.3, 0.4) is 0 Å². The van der Waals surface area contributed by atoms with Crippen molar-refractivity contribution >= 4 is 23.6 Å². The molecule has 0 saturated heterocycles. The normalized spacial score (nSPS) is 11.0. The van der Waals surface area contributed by atoms with Crippen LogP contribution in [0.25, 0.3) is 22.3 Å². The summed E-state index contributed by atoms with van der Waals surface area (Å²) >= 11 is 0. The van der Waals surface area contributed by atoms with Gasteiger partial charge in [-0.25, -0.2) is 14.8 Å². The van der Waals surface area contributed by atoms with Gasteiger partial charge in [0.1, 0.15) is 29.6 Å². The maximum Gasteiger partial charge on any atom is 0.413 e. The number of hydrogen-bond donors (Lipinski definition) is 3. The number of nitrogens with one attached hydrogen (secondary N) is 2. The summed E-state index contributed by atoms with van der Waals surface area (Å²) in [6.45, 7) is 8.57. The highest BCUT2D eigenvalue weighted by Gasteiger charge is 2.22. The molecule has 0 unspecified atom stereocenters. The van der Waals surface area contributed by atoms with Gasteiger partial charge in [-0.1, -0.05) is 25.0 Å². The fraction of sp³-hybridized carbons (Fsp3) is 0.355. The third-order valence-electron chi connectivity index (χ3n) is 5.69. The van der Waals surface area contributed by atoms with Crippen molar-refractivity contribution in [1.29, 1.82) is 0 Å². The first-order valence-corrected chi connectivity index (χ1v) is 13.3. The van der Waals surface area contributed by atoms with E-state index in [1.54, 1.807) is 63.5 Å². The van der Waals surface area contributed by atoms with Gasteiger partial charge in [0.25, 0.3) is 0 Å². The lowest BCUT2D eigenvalue weighted by atomic mass is 9.92. The van der Waals surface area contributed by atoms with Crippen molar-refractivity contribution < 1.29 is 28.9 Å². The third kappa shape index (κ3) is 9.60. The Labute approximate surface area is 240 Å². The molecule has 10 heteroatoms. The minimum atomic E-state index is -0.677. The predicted molar refractivity (Wildman–Crippen MR) is 158 cm³/mol. The molecule has 0 radical (unpaired) electrons. The zero-order valence-electron chi connectivity index (χ0n) is 23.8. The summed E-state index contributed by atoms with van der Waals surface area (Å²) in [6.07, 6.45) is 8.61. The molecule has 2 aromatic heterocycles. The SMILES string of the molecule is C#CCOCCOCCC(=O)Nc1ccc(-c2cnc(NC(=O)OC(C)(C)C)c(-c3ccc(O)cc3)c2CC)cn1. The van der Waals surface area contributed by atoms with Crippen LogP contribution in [0, 0.1) is 12.3 Å². The van der Waals surface area contributed by atoms with Crippen LogP contribution >= 0.6 is 0 Å². The van der Waals surface area contributed by atoms with E-state index < -0.39 is 11.7 Å². The highest BCUT2D eigenvalue weighted by molar-refractivity contribution is 5.93. The van der Waals surface area contributed by atoms with Gasteiger partial charge in [0.05, 0.1) is 26.2 Å². The van der Waals surface area contributed by atoms with E-state index in [1.165, 1.54) is 0 Å².